The molecular formula is C17H23N5O3S. The van der Waals surface area contributed by atoms with Gasteiger partial charge in [-0.3, -0.25) is 10.1 Å². The van der Waals surface area contributed by atoms with Crippen LogP contribution in [0.4, 0.5) is 4.79 Å². The van der Waals surface area contributed by atoms with Gasteiger partial charge < -0.3 is 14.6 Å². The van der Waals surface area contributed by atoms with Crippen LogP contribution in [0, 0.1) is 0 Å². The van der Waals surface area contributed by atoms with E-state index in [4.69, 9.17) is 4.74 Å². The van der Waals surface area contributed by atoms with Gasteiger partial charge in [-0.25, -0.2) is 4.79 Å². The number of hydrogen-bond donors (Lipinski definition) is 2. The van der Waals surface area contributed by atoms with Gasteiger partial charge in [0.05, 0.1) is 11.9 Å². The number of thioether (sulfide) groups is 1. The molecule has 0 spiro atoms. The molecule has 9 heteroatoms. The van der Waals surface area contributed by atoms with Gasteiger partial charge in [0.25, 0.3) is 0 Å². The number of urea groups is 1. The van der Waals surface area contributed by atoms with Gasteiger partial charge in [0.1, 0.15) is 5.82 Å². The Kier molecular flexibility index (Phi) is 7.61. The van der Waals surface area contributed by atoms with E-state index in [0.29, 0.717) is 24.7 Å². The molecule has 140 valence electrons. The maximum Gasteiger partial charge on any atom is 0.321 e. The van der Waals surface area contributed by atoms with E-state index in [1.165, 1.54) is 18.8 Å². The lowest BCUT2D eigenvalue weighted by molar-refractivity contribution is -0.119. The van der Waals surface area contributed by atoms with E-state index < -0.39 is 11.3 Å². The fraction of sp³-hybridized carbons (Fsp3) is 0.412. The van der Waals surface area contributed by atoms with Gasteiger partial charge in [-0.1, -0.05) is 42.1 Å². The highest BCUT2D eigenvalue weighted by molar-refractivity contribution is 8.00. The molecule has 1 heterocycles. The van der Waals surface area contributed by atoms with Crippen molar-refractivity contribution in [3.05, 3.63) is 41.7 Å². The molecule has 0 saturated carbocycles. The van der Waals surface area contributed by atoms with Crippen molar-refractivity contribution in [1.29, 1.82) is 0 Å². The van der Waals surface area contributed by atoms with Gasteiger partial charge in [-0.2, -0.15) is 0 Å². The van der Waals surface area contributed by atoms with E-state index >= 15 is 0 Å². The number of carbonyl (C=O) groups is 2. The second-order valence-corrected chi connectivity index (χ2v) is 6.84. The summed E-state index contributed by atoms with van der Waals surface area (Å²) in [5.41, 5.74) is 1.13. The average Bonchev–Trinajstić information content (AvgIpc) is 3.01. The lowest BCUT2D eigenvalue weighted by atomic mass is 10.1. The smallest absolute Gasteiger partial charge is 0.321 e. The van der Waals surface area contributed by atoms with Crippen LogP contribution < -0.4 is 10.6 Å². The van der Waals surface area contributed by atoms with Crippen LogP contribution in [0.5, 0.6) is 0 Å². The Labute approximate surface area is 156 Å². The quantitative estimate of drug-likeness (QED) is 0.676. The molecule has 26 heavy (non-hydrogen) atoms. The number of hydrogen-bond acceptors (Lipinski definition) is 6. The normalized spacial score (nSPS) is 11.8. The number of rotatable bonds is 8. The Morgan fingerprint density at radius 1 is 1.27 bits per heavy atom. The average molecular weight is 377 g/mol. The lowest BCUT2D eigenvalue weighted by Gasteiger charge is -2.13. The van der Waals surface area contributed by atoms with Crippen LogP contribution in [0.3, 0.4) is 0 Å². The fourth-order valence-corrected chi connectivity index (χ4v) is 3.10. The zero-order chi connectivity index (χ0) is 18.9. The number of carbonyl (C=O) groups excluding carboxylic acids is 2. The molecule has 2 rings (SSSR count). The molecule has 0 bridgehead atoms. The first-order chi connectivity index (χ1) is 12.5. The third-order valence-corrected chi connectivity index (χ3v) is 4.71. The molecular weight excluding hydrogens is 354 g/mol. The van der Waals surface area contributed by atoms with Crippen molar-refractivity contribution in [3.63, 3.8) is 0 Å². The first-order valence-electron chi connectivity index (χ1n) is 8.19. The molecule has 0 radical (unpaired) electrons. The second kappa shape index (κ2) is 9.93. The van der Waals surface area contributed by atoms with Gasteiger partial charge in [0.15, 0.2) is 5.16 Å². The van der Waals surface area contributed by atoms with Crippen LogP contribution in [0.2, 0.25) is 0 Å². The summed E-state index contributed by atoms with van der Waals surface area (Å²) < 4.78 is 7.13. The van der Waals surface area contributed by atoms with Gasteiger partial charge in [0.2, 0.25) is 5.91 Å². The highest BCUT2D eigenvalue weighted by Gasteiger charge is 2.21. The van der Waals surface area contributed by atoms with Crippen LogP contribution in [0.1, 0.15) is 18.3 Å². The summed E-state index contributed by atoms with van der Waals surface area (Å²) in [5.74, 6) is 0.412. The number of benzene rings is 1. The predicted molar refractivity (Wildman–Crippen MR) is 99.1 cm³/mol. The van der Waals surface area contributed by atoms with Crippen molar-refractivity contribution in [2.75, 3.05) is 20.8 Å². The lowest BCUT2D eigenvalue weighted by Crippen LogP contribution is -2.41. The molecule has 0 fully saturated rings. The monoisotopic (exact) mass is 377 g/mol. The van der Waals surface area contributed by atoms with E-state index in [0.717, 1.165) is 11.4 Å². The van der Waals surface area contributed by atoms with E-state index in [2.05, 4.69) is 20.8 Å². The molecule has 2 N–H and O–H groups in total. The maximum absolute atomic E-state index is 12.1. The van der Waals surface area contributed by atoms with Gasteiger partial charge in [-0.05, 0) is 12.5 Å². The summed E-state index contributed by atoms with van der Waals surface area (Å²) in [7, 11) is 3.09. The largest absolute Gasteiger partial charge is 0.383 e. The Balaban J connectivity index is 2.14. The Morgan fingerprint density at radius 2 is 2.00 bits per heavy atom. The van der Waals surface area contributed by atoms with E-state index in [1.807, 2.05) is 34.9 Å². The summed E-state index contributed by atoms with van der Waals surface area (Å²) in [6, 6.07) is 9.45. The number of nitrogens with zero attached hydrogens (tertiary/aromatic N) is 3. The molecule has 2 aromatic rings. The summed E-state index contributed by atoms with van der Waals surface area (Å²) >= 11 is 1.25. The van der Waals surface area contributed by atoms with Crippen LogP contribution in [-0.2, 0) is 22.5 Å². The first-order valence-corrected chi connectivity index (χ1v) is 9.07. The number of aromatic nitrogens is 3. The summed E-state index contributed by atoms with van der Waals surface area (Å²) in [6.07, 6.45) is 0.636. The zero-order valence-corrected chi connectivity index (χ0v) is 15.9. The van der Waals surface area contributed by atoms with Crippen LogP contribution in [0.15, 0.2) is 35.5 Å². The molecule has 1 aromatic carbocycles. The third-order valence-electron chi connectivity index (χ3n) is 3.63. The summed E-state index contributed by atoms with van der Waals surface area (Å²) in [5, 5.41) is 13.2. The van der Waals surface area contributed by atoms with E-state index in [1.54, 1.807) is 14.0 Å². The Morgan fingerprint density at radius 3 is 2.65 bits per heavy atom. The van der Waals surface area contributed by atoms with Crippen molar-refractivity contribution in [2.24, 2.45) is 0 Å². The topological polar surface area (TPSA) is 98.1 Å². The minimum Gasteiger partial charge on any atom is -0.383 e. The number of amides is 3. The maximum atomic E-state index is 12.1. The minimum atomic E-state index is -0.534. The van der Waals surface area contributed by atoms with Crippen molar-refractivity contribution >= 4 is 23.7 Å². The minimum absolute atomic E-state index is 0.389. The van der Waals surface area contributed by atoms with Crippen molar-refractivity contribution in [1.82, 2.24) is 25.4 Å². The Bertz CT molecular complexity index is 735. The van der Waals surface area contributed by atoms with Crippen molar-refractivity contribution in [3.8, 4) is 0 Å². The van der Waals surface area contributed by atoms with Crippen LogP contribution in [-0.4, -0.2) is 52.7 Å². The molecule has 0 saturated heterocycles. The first kappa shape index (κ1) is 19.9. The third kappa shape index (κ3) is 5.57. The van der Waals surface area contributed by atoms with Crippen LogP contribution in [0.25, 0.3) is 0 Å². The molecule has 0 unspecified atom stereocenters. The molecule has 0 aliphatic rings. The SMILES string of the molecule is CNC(=O)NC(=O)[C@H](C)Sc1nnc(Cc2ccccc2)n1CCOC. The number of ether oxygens (including phenoxy) is 1. The summed E-state index contributed by atoms with van der Waals surface area (Å²) in [4.78, 5) is 23.4. The fourth-order valence-electron chi connectivity index (χ4n) is 2.21. The molecule has 3 amide bonds. The highest BCUT2D eigenvalue weighted by atomic mass is 32.2. The molecule has 1 atom stereocenters. The molecule has 1 aromatic heterocycles. The Hall–Kier alpha value is -2.39. The summed E-state index contributed by atoms with van der Waals surface area (Å²) in [6.45, 7) is 2.80. The molecule has 0 aliphatic carbocycles. The van der Waals surface area contributed by atoms with Gasteiger partial charge in [0, 0.05) is 27.1 Å². The van der Waals surface area contributed by atoms with Crippen LogP contribution >= 0.6 is 11.8 Å². The van der Waals surface area contributed by atoms with E-state index in [-0.39, 0.29) is 5.91 Å². The molecule has 8 nitrogen and oxygen atoms in total. The number of methoxy groups -OCH3 is 1. The standard InChI is InChI=1S/C17H23N5O3S/c1-12(15(23)19-16(24)18-2)26-17-21-20-14(22(17)9-10-25-3)11-13-7-5-4-6-8-13/h4-8,12H,9-11H2,1-3H3,(H2,18,19,23,24)/t12-/m0/s1. The number of imide groups is 1. The highest BCUT2D eigenvalue weighted by Crippen LogP contribution is 2.23. The predicted octanol–water partition coefficient (Wildman–Crippen LogP) is 1.45. The second-order valence-electron chi connectivity index (χ2n) is 5.53. The van der Waals surface area contributed by atoms with Crippen molar-refractivity contribution in [2.45, 2.75) is 30.3 Å². The van der Waals surface area contributed by atoms with Crippen molar-refractivity contribution < 1.29 is 14.3 Å². The van der Waals surface area contributed by atoms with Gasteiger partial charge >= 0.3 is 6.03 Å². The molecule has 0 aliphatic heterocycles. The van der Waals surface area contributed by atoms with Gasteiger partial charge in [-0.15, -0.1) is 10.2 Å². The van der Waals surface area contributed by atoms with E-state index in [9.17, 15) is 9.59 Å². The zero-order valence-electron chi connectivity index (χ0n) is 15.1. The number of nitrogens with one attached hydrogen (secondary N) is 2.